The first-order valence-corrected chi connectivity index (χ1v) is 5.82. The molecule has 88 valence electrons. The van der Waals surface area contributed by atoms with Gasteiger partial charge in [0.25, 0.3) is 0 Å². The van der Waals surface area contributed by atoms with Gasteiger partial charge in [0, 0.05) is 6.04 Å². The van der Waals surface area contributed by atoms with E-state index in [0.29, 0.717) is 5.92 Å². The Morgan fingerprint density at radius 3 is 2.88 bits per heavy atom. The summed E-state index contributed by atoms with van der Waals surface area (Å²) in [5.74, 6) is 0.385. The fourth-order valence-corrected chi connectivity index (χ4v) is 2.10. The first kappa shape index (κ1) is 11.6. The van der Waals surface area contributed by atoms with Crippen molar-refractivity contribution in [1.29, 1.82) is 0 Å². The fourth-order valence-electron chi connectivity index (χ4n) is 2.10. The molecule has 1 aliphatic carbocycles. The van der Waals surface area contributed by atoms with Crippen LogP contribution in [0.15, 0.2) is 24.3 Å². The zero-order valence-corrected chi connectivity index (χ0v) is 9.49. The zero-order valence-electron chi connectivity index (χ0n) is 9.49. The Morgan fingerprint density at radius 1 is 1.50 bits per heavy atom. The molecule has 3 heteroatoms. The lowest BCUT2D eigenvalue weighted by atomic mass is 9.82. The van der Waals surface area contributed by atoms with Crippen molar-refractivity contribution in [1.82, 2.24) is 5.32 Å². The Kier molecular flexibility index (Phi) is 3.56. The van der Waals surface area contributed by atoms with Gasteiger partial charge in [-0.3, -0.25) is 0 Å². The number of hydrogen-bond donors (Lipinski definition) is 2. The molecule has 2 N–H and O–H groups in total. The molecule has 1 aromatic carbocycles. The highest BCUT2D eigenvalue weighted by Crippen LogP contribution is 2.27. The van der Waals surface area contributed by atoms with Crippen LogP contribution in [0.2, 0.25) is 0 Å². The van der Waals surface area contributed by atoms with Crippen LogP contribution < -0.4 is 5.32 Å². The molecule has 2 rings (SSSR count). The molecule has 1 fully saturated rings. The number of hydrogen-bond acceptors (Lipinski definition) is 2. The standard InChI is InChI=1S/C13H18FNO/c1-9(11-3-2-4-12(14)7-11)15-8-10-5-13(16)6-10/h2-4,7,9-10,13,15-16H,5-6,8H2,1H3. The monoisotopic (exact) mass is 223 g/mol. The molecule has 1 atom stereocenters. The Morgan fingerprint density at radius 2 is 2.25 bits per heavy atom. The molecule has 1 unspecified atom stereocenters. The number of aliphatic hydroxyl groups is 1. The van der Waals surface area contributed by atoms with Crippen LogP contribution in [-0.4, -0.2) is 17.8 Å². The lowest BCUT2D eigenvalue weighted by molar-refractivity contribution is 0.0420. The molecule has 0 saturated heterocycles. The number of rotatable bonds is 4. The lowest BCUT2D eigenvalue weighted by Crippen LogP contribution is -2.36. The van der Waals surface area contributed by atoms with Crippen molar-refractivity contribution in [3.63, 3.8) is 0 Å². The van der Waals surface area contributed by atoms with Crippen molar-refractivity contribution in [3.8, 4) is 0 Å². The quantitative estimate of drug-likeness (QED) is 0.820. The average Bonchev–Trinajstić information content (AvgIpc) is 2.22. The Balaban J connectivity index is 1.81. The molecule has 1 aliphatic rings. The van der Waals surface area contributed by atoms with Gasteiger partial charge in [-0.2, -0.15) is 0 Å². The van der Waals surface area contributed by atoms with Crippen LogP contribution in [0.5, 0.6) is 0 Å². The second-order valence-corrected chi connectivity index (χ2v) is 4.68. The highest BCUT2D eigenvalue weighted by Gasteiger charge is 2.26. The summed E-state index contributed by atoms with van der Waals surface area (Å²) in [4.78, 5) is 0. The van der Waals surface area contributed by atoms with E-state index in [9.17, 15) is 4.39 Å². The molecular formula is C13H18FNO. The maximum Gasteiger partial charge on any atom is 0.123 e. The van der Waals surface area contributed by atoms with Crippen LogP contribution in [-0.2, 0) is 0 Å². The minimum absolute atomic E-state index is 0.101. The Bertz CT molecular complexity index is 350. The number of nitrogens with one attached hydrogen (secondary N) is 1. The number of aliphatic hydroxyl groups excluding tert-OH is 1. The van der Waals surface area contributed by atoms with E-state index in [-0.39, 0.29) is 18.0 Å². The van der Waals surface area contributed by atoms with Crippen LogP contribution in [0.1, 0.15) is 31.4 Å². The van der Waals surface area contributed by atoms with Crippen LogP contribution in [0.4, 0.5) is 4.39 Å². The second kappa shape index (κ2) is 4.93. The molecule has 2 nitrogen and oxygen atoms in total. The van der Waals surface area contributed by atoms with Gasteiger partial charge in [0.1, 0.15) is 5.82 Å². The van der Waals surface area contributed by atoms with Gasteiger partial charge >= 0.3 is 0 Å². The Hall–Kier alpha value is -0.930. The summed E-state index contributed by atoms with van der Waals surface area (Å²) >= 11 is 0. The molecule has 1 saturated carbocycles. The predicted octanol–water partition coefficient (Wildman–Crippen LogP) is 2.25. The van der Waals surface area contributed by atoms with Gasteiger partial charge < -0.3 is 10.4 Å². The smallest absolute Gasteiger partial charge is 0.123 e. The van der Waals surface area contributed by atoms with Gasteiger partial charge in [-0.15, -0.1) is 0 Å². The summed E-state index contributed by atoms with van der Waals surface area (Å²) in [5, 5.41) is 12.5. The molecule has 0 spiro atoms. The van der Waals surface area contributed by atoms with E-state index in [1.807, 2.05) is 13.0 Å². The van der Waals surface area contributed by atoms with E-state index >= 15 is 0 Å². The number of halogens is 1. The van der Waals surface area contributed by atoms with Gasteiger partial charge in [0.05, 0.1) is 6.10 Å². The number of benzene rings is 1. The molecule has 0 amide bonds. The van der Waals surface area contributed by atoms with Crippen LogP contribution in [0, 0.1) is 11.7 Å². The van der Waals surface area contributed by atoms with Gasteiger partial charge in [-0.1, -0.05) is 12.1 Å². The fraction of sp³-hybridized carbons (Fsp3) is 0.538. The molecule has 0 bridgehead atoms. The zero-order chi connectivity index (χ0) is 11.5. The molecule has 0 aromatic heterocycles. The maximum atomic E-state index is 13.0. The van der Waals surface area contributed by atoms with Gasteiger partial charge in [-0.05, 0) is 49.9 Å². The molecular weight excluding hydrogens is 205 g/mol. The van der Waals surface area contributed by atoms with Crippen LogP contribution >= 0.6 is 0 Å². The van der Waals surface area contributed by atoms with E-state index in [1.54, 1.807) is 12.1 Å². The van der Waals surface area contributed by atoms with Crippen molar-refractivity contribution in [2.45, 2.75) is 31.9 Å². The van der Waals surface area contributed by atoms with E-state index in [2.05, 4.69) is 5.32 Å². The van der Waals surface area contributed by atoms with E-state index in [0.717, 1.165) is 24.9 Å². The third-order valence-electron chi connectivity index (χ3n) is 3.27. The summed E-state index contributed by atoms with van der Waals surface area (Å²) in [6.45, 7) is 2.93. The molecule has 1 aromatic rings. The largest absolute Gasteiger partial charge is 0.393 e. The maximum absolute atomic E-state index is 13.0. The molecule has 0 radical (unpaired) electrons. The van der Waals surface area contributed by atoms with E-state index in [1.165, 1.54) is 6.07 Å². The minimum Gasteiger partial charge on any atom is -0.393 e. The van der Waals surface area contributed by atoms with Crippen LogP contribution in [0.25, 0.3) is 0 Å². The summed E-state index contributed by atoms with van der Waals surface area (Å²) in [6.07, 6.45) is 1.68. The van der Waals surface area contributed by atoms with E-state index in [4.69, 9.17) is 5.11 Å². The van der Waals surface area contributed by atoms with Crippen molar-refractivity contribution >= 4 is 0 Å². The molecule has 16 heavy (non-hydrogen) atoms. The highest BCUT2D eigenvalue weighted by atomic mass is 19.1. The second-order valence-electron chi connectivity index (χ2n) is 4.68. The van der Waals surface area contributed by atoms with E-state index < -0.39 is 0 Å². The lowest BCUT2D eigenvalue weighted by Gasteiger charge is -2.32. The first-order valence-electron chi connectivity index (χ1n) is 5.82. The summed E-state index contributed by atoms with van der Waals surface area (Å²) in [6, 6.07) is 6.84. The van der Waals surface area contributed by atoms with Crippen molar-refractivity contribution < 1.29 is 9.50 Å². The average molecular weight is 223 g/mol. The summed E-state index contributed by atoms with van der Waals surface area (Å²) < 4.78 is 13.0. The molecule has 0 aliphatic heterocycles. The van der Waals surface area contributed by atoms with Crippen LogP contribution in [0.3, 0.4) is 0 Å². The van der Waals surface area contributed by atoms with Crippen molar-refractivity contribution in [3.05, 3.63) is 35.6 Å². The summed E-state index contributed by atoms with van der Waals surface area (Å²) in [5.41, 5.74) is 0.972. The third-order valence-corrected chi connectivity index (χ3v) is 3.27. The predicted molar refractivity (Wildman–Crippen MR) is 61.5 cm³/mol. The Labute approximate surface area is 95.5 Å². The van der Waals surface area contributed by atoms with Gasteiger partial charge in [-0.25, -0.2) is 4.39 Å². The van der Waals surface area contributed by atoms with Crippen molar-refractivity contribution in [2.24, 2.45) is 5.92 Å². The first-order chi connectivity index (χ1) is 7.65. The van der Waals surface area contributed by atoms with Crippen molar-refractivity contribution in [2.75, 3.05) is 6.54 Å². The SMILES string of the molecule is CC(NCC1CC(O)C1)c1cccc(F)c1. The molecule has 0 heterocycles. The third kappa shape index (κ3) is 2.80. The van der Waals surface area contributed by atoms with Gasteiger partial charge in [0.15, 0.2) is 0 Å². The summed E-state index contributed by atoms with van der Waals surface area (Å²) in [7, 11) is 0. The van der Waals surface area contributed by atoms with Gasteiger partial charge in [0.2, 0.25) is 0 Å². The minimum atomic E-state index is -0.190. The highest BCUT2D eigenvalue weighted by molar-refractivity contribution is 5.19. The normalized spacial score (nSPS) is 26.2. The topological polar surface area (TPSA) is 32.3 Å².